The summed E-state index contributed by atoms with van der Waals surface area (Å²) in [6.07, 6.45) is 9.79. The maximum Gasteiger partial charge on any atom is 0.269 e. The van der Waals surface area contributed by atoms with Gasteiger partial charge in [-0.1, -0.05) is 47.6 Å². The molecule has 0 aromatic carbocycles. The quantitative estimate of drug-likeness (QED) is 0.441. The lowest BCUT2D eigenvalue weighted by molar-refractivity contribution is -0.240. The SMILES string of the molecule is Cn1nccc1C(=O)NCC(=O)N[C@@]1(C)CC[C@@]2(C)CC[C@@]3(C)[C@]4(C)CC[C@H]5C(C)(C)C(=O)C(C#N)=C[C@]5(C)C4=CC(=O)[C@]3(O)[C@@H]2C1. The van der Waals surface area contributed by atoms with Gasteiger partial charge < -0.3 is 15.7 Å². The fourth-order valence-corrected chi connectivity index (χ4v) is 11.1. The van der Waals surface area contributed by atoms with Crippen LogP contribution in [0.15, 0.2) is 35.6 Å². The molecular formula is C37H49N5O5. The normalized spacial score (nSPS) is 42.0. The summed E-state index contributed by atoms with van der Waals surface area (Å²) in [7, 11) is 1.66. The predicted molar refractivity (Wildman–Crippen MR) is 174 cm³/mol. The average molecular weight is 644 g/mol. The second kappa shape index (κ2) is 10.2. The third kappa shape index (κ3) is 4.34. The van der Waals surface area contributed by atoms with Gasteiger partial charge in [-0.15, -0.1) is 0 Å². The Balaban J connectivity index is 1.33. The summed E-state index contributed by atoms with van der Waals surface area (Å²) in [5.74, 6) is -1.69. The van der Waals surface area contributed by atoms with Crippen LogP contribution in [0, 0.1) is 50.2 Å². The largest absolute Gasteiger partial charge is 0.381 e. The number of rotatable bonds is 4. The van der Waals surface area contributed by atoms with E-state index in [0.717, 1.165) is 24.8 Å². The maximum atomic E-state index is 14.7. The Hall–Kier alpha value is -3.58. The second-order valence-corrected chi connectivity index (χ2v) is 17.0. The molecule has 10 nitrogen and oxygen atoms in total. The number of ketones is 2. The van der Waals surface area contributed by atoms with Gasteiger partial charge in [0.05, 0.1) is 12.1 Å². The number of nitrogens with zero attached hydrogens (tertiary/aromatic N) is 3. The highest BCUT2D eigenvalue weighted by atomic mass is 16.3. The number of carbonyl (C=O) groups is 4. The Morgan fingerprint density at radius 2 is 1.72 bits per heavy atom. The third-order valence-corrected chi connectivity index (χ3v) is 14.2. The van der Waals surface area contributed by atoms with Crippen molar-refractivity contribution in [3.05, 3.63) is 41.3 Å². The van der Waals surface area contributed by atoms with E-state index in [0.29, 0.717) is 31.4 Å². The molecule has 8 atom stereocenters. The summed E-state index contributed by atoms with van der Waals surface area (Å²) in [6.45, 7) is 14.1. The topological polar surface area (TPSA) is 154 Å². The van der Waals surface area contributed by atoms with E-state index in [-0.39, 0.29) is 40.9 Å². The first-order chi connectivity index (χ1) is 21.7. The molecule has 0 aliphatic heterocycles. The van der Waals surface area contributed by atoms with Crippen molar-refractivity contribution in [2.24, 2.45) is 46.0 Å². The zero-order valence-corrected chi connectivity index (χ0v) is 29.0. The molecule has 10 heteroatoms. The Labute approximate surface area is 277 Å². The van der Waals surface area contributed by atoms with Crippen LogP contribution < -0.4 is 10.6 Å². The summed E-state index contributed by atoms with van der Waals surface area (Å²) in [6, 6.07) is 3.72. The van der Waals surface area contributed by atoms with Gasteiger partial charge in [0.25, 0.3) is 5.91 Å². The van der Waals surface area contributed by atoms with Gasteiger partial charge in [-0.05, 0) is 86.3 Å². The van der Waals surface area contributed by atoms with Gasteiger partial charge in [-0.2, -0.15) is 10.4 Å². The molecule has 2 amide bonds. The van der Waals surface area contributed by atoms with Crippen molar-refractivity contribution in [1.29, 1.82) is 5.26 Å². The van der Waals surface area contributed by atoms with Crippen molar-refractivity contribution in [2.45, 2.75) is 105 Å². The first-order valence-corrected chi connectivity index (χ1v) is 17.0. The molecule has 3 saturated carbocycles. The molecule has 0 bridgehead atoms. The van der Waals surface area contributed by atoms with Crippen LogP contribution >= 0.6 is 0 Å². The zero-order valence-electron chi connectivity index (χ0n) is 29.0. The summed E-state index contributed by atoms with van der Waals surface area (Å²) < 4.78 is 1.44. The number of allylic oxidation sites excluding steroid dienone is 3. The molecule has 3 fully saturated rings. The van der Waals surface area contributed by atoms with Crippen LogP contribution in [-0.2, 0) is 21.4 Å². The average Bonchev–Trinajstić information content (AvgIpc) is 3.44. The first kappa shape index (κ1) is 33.3. The molecule has 252 valence electrons. The minimum Gasteiger partial charge on any atom is -0.381 e. The van der Waals surface area contributed by atoms with Crippen molar-refractivity contribution in [3.63, 3.8) is 0 Å². The number of amides is 2. The molecule has 3 N–H and O–H groups in total. The van der Waals surface area contributed by atoms with Gasteiger partial charge in [0.15, 0.2) is 11.6 Å². The highest BCUT2D eigenvalue weighted by Gasteiger charge is 2.75. The molecule has 1 aromatic rings. The zero-order chi connectivity index (χ0) is 34.6. The smallest absolute Gasteiger partial charge is 0.269 e. The summed E-state index contributed by atoms with van der Waals surface area (Å²) in [4.78, 5) is 53.8. The first-order valence-electron chi connectivity index (χ1n) is 17.0. The molecule has 1 aromatic heterocycles. The molecule has 6 rings (SSSR count). The lowest BCUT2D eigenvalue weighted by Crippen LogP contribution is -2.74. The van der Waals surface area contributed by atoms with Crippen LogP contribution in [0.4, 0.5) is 0 Å². The van der Waals surface area contributed by atoms with E-state index >= 15 is 0 Å². The number of nitrogens with one attached hydrogen (secondary N) is 2. The third-order valence-electron chi connectivity index (χ3n) is 14.2. The summed E-state index contributed by atoms with van der Waals surface area (Å²) in [5.41, 5.74) is -4.10. The standard InChI is InChI=1S/C37H49N5O5/c1-31(2)24-9-11-35(6)25(34(24,5)18-22(20-38)29(31)45)17-27(43)37(47)26-19-33(4,14-12-32(26,3)13-15-36(35,37)7)41-28(44)21-39-30(46)23-10-16-40-42(23)8/h10,16-18,24,26,47H,9,11-15,19,21H2,1-8H3,(H,39,46)(H,41,44)/t24-,26+,32-,33-,34-,35+,36-,37+/m0/s1. The van der Waals surface area contributed by atoms with Gasteiger partial charge in [0.1, 0.15) is 17.4 Å². The second-order valence-electron chi connectivity index (χ2n) is 17.0. The van der Waals surface area contributed by atoms with Crippen LogP contribution in [0.3, 0.4) is 0 Å². The number of nitriles is 1. The van der Waals surface area contributed by atoms with Crippen LogP contribution in [0.1, 0.15) is 104 Å². The highest BCUT2D eigenvalue weighted by molar-refractivity contribution is 6.05. The van der Waals surface area contributed by atoms with Gasteiger partial charge in [0, 0.05) is 40.9 Å². The number of carbonyl (C=O) groups excluding carboxylic acids is 4. The van der Waals surface area contributed by atoms with Crippen molar-refractivity contribution in [2.75, 3.05) is 6.54 Å². The van der Waals surface area contributed by atoms with Gasteiger partial charge >= 0.3 is 0 Å². The van der Waals surface area contributed by atoms with E-state index < -0.39 is 44.6 Å². The van der Waals surface area contributed by atoms with Crippen molar-refractivity contribution in [3.8, 4) is 6.07 Å². The number of aliphatic hydroxyl groups is 1. The molecule has 1 heterocycles. The highest BCUT2D eigenvalue weighted by Crippen LogP contribution is 2.75. The fourth-order valence-electron chi connectivity index (χ4n) is 11.1. The molecule has 0 radical (unpaired) electrons. The number of hydrogen-bond donors (Lipinski definition) is 3. The van der Waals surface area contributed by atoms with Crippen LogP contribution in [0.25, 0.3) is 0 Å². The number of aryl methyl sites for hydroxylation is 1. The van der Waals surface area contributed by atoms with E-state index in [1.807, 2.05) is 26.8 Å². The van der Waals surface area contributed by atoms with E-state index in [4.69, 9.17) is 0 Å². The number of fused-ring (bicyclic) bond motifs is 7. The van der Waals surface area contributed by atoms with Crippen molar-refractivity contribution < 1.29 is 24.3 Å². The van der Waals surface area contributed by atoms with E-state index in [1.165, 1.54) is 10.9 Å². The van der Waals surface area contributed by atoms with E-state index in [2.05, 4.69) is 49.5 Å². The van der Waals surface area contributed by atoms with Crippen molar-refractivity contribution in [1.82, 2.24) is 20.4 Å². The summed E-state index contributed by atoms with van der Waals surface area (Å²) in [5, 5.41) is 32.9. The molecule has 5 aliphatic carbocycles. The van der Waals surface area contributed by atoms with Crippen LogP contribution in [0.5, 0.6) is 0 Å². The predicted octanol–water partition coefficient (Wildman–Crippen LogP) is 4.35. The van der Waals surface area contributed by atoms with Gasteiger partial charge in [-0.25, -0.2) is 0 Å². The maximum absolute atomic E-state index is 14.7. The van der Waals surface area contributed by atoms with Crippen LogP contribution in [0.2, 0.25) is 0 Å². The van der Waals surface area contributed by atoms with Gasteiger partial charge in [0.2, 0.25) is 5.91 Å². The Bertz CT molecular complexity index is 1700. The molecule has 5 aliphatic rings. The molecule has 0 unspecified atom stereocenters. The fraction of sp³-hybridized carbons (Fsp3) is 0.676. The monoisotopic (exact) mass is 643 g/mol. The molecule has 0 spiro atoms. The Morgan fingerprint density at radius 3 is 2.36 bits per heavy atom. The Morgan fingerprint density at radius 1 is 1.04 bits per heavy atom. The lowest BCUT2D eigenvalue weighted by Gasteiger charge is -2.71. The minimum atomic E-state index is -1.68. The van der Waals surface area contributed by atoms with Gasteiger partial charge in [-0.3, -0.25) is 23.9 Å². The molecular weight excluding hydrogens is 594 g/mol. The van der Waals surface area contributed by atoms with Crippen molar-refractivity contribution >= 4 is 23.4 Å². The van der Waals surface area contributed by atoms with E-state index in [1.54, 1.807) is 19.2 Å². The molecule has 47 heavy (non-hydrogen) atoms. The lowest BCUT2D eigenvalue weighted by atomic mass is 9.33. The number of Topliss-reactive ketones (excluding diaryl/α,β-unsaturated/α-hetero) is 1. The van der Waals surface area contributed by atoms with E-state index in [9.17, 15) is 29.5 Å². The van der Waals surface area contributed by atoms with Crippen LogP contribution in [-0.4, -0.2) is 56.0 Å². The Kier molecular flexibility index (Phi) is 7.24. The molecule has 0 saturated heterocycles. The number of hydrogen-bond acceptors (Lipinski definition) is 7. The summed E-state index contributed by atoms with van der Waals surface area (Å²) >= 11 is 0. The minimum absolute atomic E-state index is 0.0815. The number of aromatic nitrogens is 2.